The Labute approximate surface area is 233 Å². The summed E-state index contributed by atoms with van der Waals surface area (Å²) in [4.78, 5) is 21.8. The number of benzene rings is 1. The third-order valence-electron chi connectivity index (χ3n) is 6.85. The molecule has 15 heteroatoms. The predicted octanol–water partition coefficient (Wildman–Crippen LogP) is 4.49. The van der Waals surface area contributed by atoms with Gasteiger partial charge in [-0.15, -0.1) is 0 Å². The van der Waals surface area contributed by atoms with Crippen molar-refractivity contribution in [2.75, 3.05) is 18.3 Å². The third-order valence-corrected chi connectivity index (χ3v) is 8.82. The van der Waals surface area contributed by atoms with Crippen molar-refractivity contribution < 1.29 is 40.8 Å². The first kappa shape index (κ1) is 30.1. The Hall–Kier alpha value is -2.88. The van der Waals surface area contributed by atoms with Crippen molar-refractivity contribution in [2.45, 2.75) is 50.3 Å². The highest BCUT2D eigenvalue weighted by molar-refractivity contribution is 8.09. The second-order valence-electron chi connectivity index (χ2n) is 10.6. The molecule has 2 unspecified atom stereocenters. The molecule has 218 valence electrons. The first-order valence-electron chi connectivity index (χ1n) is 12.2. The zero-order chi connectivity index (χ0) is 29.5. The van der Waals surface area contributed by atoms with Crippen molar-refractivity contribution in [3.8, 4) is 0 Å². The van der Waals surface area contributed by atoms with Crippen molar-refractivity contribution in [3.05, 3.63) is 54.0 Å². The summed E-state index contributed by atoms with van der Waals surface area (Å²) in [7, 11) is -3.81. The van der Waals surface area contributed by atoms with E-state index in [4.69, 9.17) is 4.18 Å². The maximum Gasteiger partial charge on any atom is 0.433 e. The van der Waals surface area contributed by atoms with Gasteiger partial charge in [0.25, 0.3) is 10.1 Å². The van der Waals surface area contributed by atoms with Crippen LogP contribution in [0.3, 0.4) is 0 Å². The molecular formula is C25H29F3N4O6S2. The van der Waals surface area contributed by atoms with Gasteiger partial charge in [-0.1, -0.05) is 37.7 Å². The molecule has 1 fully saturated rings. The van der Waals surface area contributed by atoms with Gasteiger partial charge in [-0.3, -0.25) is 0 Å². The van der Waals surface area contributed by atoms with Gasteiger partial charge in [0.05, 0.1) is 11.6 Å². The summed E-state index contributed by atoms with van der Waals surface area (Å²) in [5.41, 5.74) is -2.41. The van der Waals surface area contributed by atoms with Gasteiger partial charge in [0.15, 0.2) is 5.60 Å². The van der Waals surface area contributed by atoms with Crippen molar-refractivity contribution in [3.63, 3.8) is 0 Å². The molecule has 1 aliphatic heterocycles. The lowest BCUT2D eigenvalue weighted by atomic mass is 9.64. The molecule has 0 amide bonds. The lowest BCUT2D eigenvalue weighted by Gasteiger charge is -2.47. The fourth-order valence-electron chi connectivity index (χ4n) is 4.95. The number of aromatic nitrogens is 2. The van der Waals surface area contributed by atoms with Gasteiger partial charge in [-0.25, -0.2) is 18.9 Å². The molecule has 0 radical (unpaired) electrons. The van der Waals surface area contributed by atoms with Gasteiger partial charge in [0.1, 0.15) is 12.4 Å². The highest BCUT2D eigenvalue weighted by Crippen LogP contribution is 2.52. The Bertz CT molecular complexity index is 1400. The number of hydrogen-bond donors (Lipinski definition) is 3. The summed E-state index contributed by atoms with van der Waals surface area (Å²) in [6, 6.07) is 7.39. The molecule has 4 rings (SSSR count). The Morgan fingerprint density at radius 3 is 2.52 bits per heavy atom. The van der Waals surface area contributed by atoms with Gasteiger partial charge in [0.2, 0.25) is 5.95 Å². The van der Waals surface area contributed by atoms with Crippen LogP contribution in [0.4, 0.5) is 24.8 Å². The average Bonchev–Trinajstić information content (AvgIpc) is 3.25. The number of aliphatic carboxylic acids is 1. The van der Waals surface area contributed by atoms with Gasteiger partial charge in [-0.2, -0.15) is 21.6 Å². The number of carboxylic acids is 1. The summed E-state index contributed by atoms with van der Waals surface area (Å²) in [6.07, 6.45) is 0.0463. The molecule has 2 heterocycles. The van der Waals surface area contributed by atoms with Gasteiger partial charge < -0.3 is 20.4 Å². The summed E-state index contributed by atoms with van der Waals surface area (Å²) < 4.78 is 67.3. The molecule has 1 aromatic heterocycles. The number of hydrogen-bond acceptors (Lipinski definition) is 10. The maximum atomic E-state index is 13.0. The molecule has 10 nitrogen and oxygen atoms in total. The van der Waals surface area contributed by atoms with E-state index in [1.807, 2.05) is 13.8 Å². The van der Waals surface area contributed by atoms with E-state index in [0.29, 0.717) is 29.0 Å². The number of thioether (sulfide) groups is 1. The van der Waals surface area contributed by atoms with E-state index in [2.05, 4.69) is 15.3 Å². The number of aliphatic hydroxyl groups is 1. The monoisotopic (exact) mass is 602 g/mol. The molecule has 3 atom stereocenters. The second kappa shape index (κ2) is 10.8. The molecule has 0 spiro atoms. The van der Waals surface area contributed by atoms with Crippen molar-refractivity contribution >= 4 is 44.4 Å². The highest BCUT2D eigenvalue weighted by atomic mass is 32.2. The molecule has 40 heavy (non-hydrogen) atoms. The lowest BCUT2D eigenvalue weighted by molar-refractivity contribution is -0.177. The standard InChI is InChI=1S/C25H29F3N4O6S2/c1-23(2)10-8-17(24(35,13-23)21(33)34)20-32(14-38-40(3,36)37)12-18(39-20)15-4-6-16(7-5-15)30-22-29-11-9-19(31-22)25(26,27)28/h4-7,9,11-12,17,20,35H,8,10,13-14H2,1-3H3,(H,33,34)(H,29,30,31)/t17?,20?,24-/m1/s1. The van der Waals surface area contributed by atoms with E-state index < -0.39 is 50.3 Å². The number of nitrogens with zero attached hydrogens (tertiary/aromatic N) is 3. The number of anilines is 2. The number of rotatable bonds is 8. The van der Waals surface area contributed by atoms with E-state index in [1.165, 1.54) is 11.8 Å². The van der Waals surface area contributed by atoms with Crippen LogP contribution in [0.25, 0.3) is 4.91 Å². The second-order valence-corrected chi connectivity index (χ2v) is 13.5. The van der Waals surface area contributed by atoms with Crippen LogP contribution < -0.4 is 5.32 Å². The molecule has 1 aromatic carbocycles. The fourth-order valence-corrected chi connectivity index (χ4v) is 6.77. The molecule has 0 bridgehead atoms. The summed E-state index contributed by atoms with van der Waals surface area (Å²) >= 11 is 1.28. The highest BCUT2D eigenvalue weighted by Gasteiger charge is 2.55. The van der Waals surface area contributed by atoms with Crippen LogP contribution in [0.1, 0.15) is 44.4 Å². The van der Waals surface area contributed by atoms with Crippen LogP contribution in [-0.2, 0) is 25.3 Å². The van der Waals surface area contributed by atoms with Gasteiger partial charge in [-0.05, 0) is 48.4 Å². The molecule has 1 saturated carbocycles. The topological polar surface area (TPSA) is 142 Å². The molecule has 3 N–H and O–H groups in total. The summed E-state index contributed by atoms with van der Waals surface area (Å²) in [5, 5.41) is 23.4. The number of alkyl halides is 3. The Morgan fingerprint density at radius 2 is 1.93 bits per heavy atom. The zero-order valence-electron chi connectivity index (χ0n) is 21.8. The average molecular weight is 603 g/mol. The van der Waals surface area contributed by atoms with E-state index in [9.17, 15) is 36.6 Å². The quantitative estimate of drug-likeness (QED) is 0.368. The molecule has 1 aliphatic carbocycles. The van der Waals surface area contributed by atoms with E-state index in [1.54, 1.807) is 35.4 Å². The van der Waals surface area contributed by atoms with E-state index in [-0.39, 0.29) is 19.1 Å². The maximum absolute atomic E-state index is 13.0. The predicted molar refractivity (Wildman–Crippen MR) is 142 cm³/mol. The number of halogens is 3. The minimum absolute atomic E-state index is 0.0329. The van der Waals surface area contributed by atoms with Crippen molar-refractivity contribution in [1.29, 1.82) is 0 Å². The van der Waals surface area contributed by atoms with E-state index in [0.717, 1.165) is 18.5 Å². The number of carbonyl (C=O) groups is 1. The molecular weight excluding hydrogens is 573 g/mol. The van der Waals surface area contributed by atoms with Gasteiger partial charge >= 0.3 is 12.1 Å². The SMILES string of the molecule is CC1(C)CCC(C2SC(c3ccc(Nc4nccc(C(F)(F)F)n4)cc3)=CN2COS(C)(=O)=O)[C@@](O)(C(=O)O)C1. The normalized spacial score (nSPS) is 25.0. The van der Waals surface area contributed by atoms with Crippen LogP contribution in [0.5, 0.6) is 0 Å². The summed E-state index contributed by atoms with van der Waals surface area (Å²) in [6.45, 7) is 3.42. The third kappa shape index (κ3) is 6.87. The molecule has 0 saturated heterocycles. The van der Waals surface area contributed by atoms with Crippen LogP contribution >= 0.6 is 11.8 Å². The summed E-state index contributed by atoms with van der Waals surface area (Å²) in [5.74, 6) is -2.30. The van der Waals surface area contributed by atoms with Gasteiger partial charge in [0, 0.05) is 28.9 Å². The van der Waals surface area contributed by atoms with E-state index >= 15 is 0 Å². The first-order valence-corrected chi connectivity index (χ1v) is 14.9. The van der Waals surface area contributed by atoms with Crippen LogP contribution in [0.15, 0.2) is 42.7 Å². The minimum Gasteiger partial charge on any atom is -0.479 e. The molecule has 2 aromatic rings. The lowest BCUT2D eigenvalue weighted by Crippen LogP contribution is -2.57. The van der Waals surface area contributed by atoms with Crippen LogP contribution in [0, 0.1) is 11.3 Å². The zero-order valence-corrected chi connectivity index (χ0v) is 23.5. The smallest absolute Gasteiger partial charge is 0.433 e. The number of nitrogens with one attached hydrogen (secondary N) is 1. The number of carboxylic acid groups (broad SMARTS) is 1. The largest absolute Gasteiger partial charge is 0.479 e. The minimum atomic E-state index is -4.61. The van der Waals surface area contributed by atoms with Crippen molar-refractivity contribution in [2.24, 2.45) is 11.3 Å². The van der Waals surface area contributed by atoms with Crippen LogP contribution in [0.2, 0.25) is 0 Å². The first-order chi connectivity index (χ1) is 18.5. The Kier molecular flexibility index (Phi) is 8.15. The van der Waals surface area contributed by atoms with Crippen LogP contribution in [-0.4, -0.2) is 63.4 Å². The Balaban J connectivity index is 1.57. The molecule has 2 aliphatic rings. The Morgan fingerprint density at radius 1 is 1.25 bits per heavy atom. The fraction of sp³-hybridized carbons (Fsp3) is 0.480. The van der Waals surface area contributed by atoms with Crippen molar-refractivity contribution in [1.82, 2.24) is 14.9 Å².